The van der Waals surface area contributed by atoms with E-state index in [9.17, 15) is 20.0 Å². The molecule has 4 rings (SSSR count). The summed E-state index contributed by atoms with van der Waals surface area (Å²) < 4.78 is 27.3. The molecule has 0 spiro atoms. The van der Waals surface area contributed by atoms with E-state index in [2.05, 4.69) is 5.32 Å². The van der Waals surface area contributed by atoms with Crippen LogP contribution in [0.4, 0.5) is 4.39 Å². The quantitative estimate of drug-likeness (QED) is 0.511. The van der Waals surface area contributed by atoms with Crippen molar-refractivity contribution in [3.8, 4) is 17.2 Å². The molecule has 1 aliphatic heterocycles. The van der Waals surface area contributed by atoms with Crippen molar-refractivity contribution in [1.29, 1.82) is 5.26 Å². The molecule has 1 fully saturated rings. The number of ether oxygens (including phenoxy) is 1. The highest BCUT2D eigenvalue weighted by Gasteiger charge is 2.49. The minimum atomic E-state index is -1.72. The number of carbonyl (C=O) groups is 1. The van der Waals surface area contributed by atoms with Crippen molar-refractivity contribution in [2.75, 3.05) is 19.7 Å². The summed E-state index contributed by atoms with van der Waals surface area (Å²) in [6.45, 7) is 1.40. The highest BCUT2D eigenvalue weighted by Crippen LogP contribution is 2.31. The largest absolute Gasteiger partial charge is 0.419 e. The number of nitrogens with one attached hydrogen (secondary N) is 1. The van der Waals surface area contributed by atoms with Crippen LogP contribution in [0.1, 0.15) is 12.5 Å². The fraction of sp³-hybridized carbons (Fsp3) is 0.375. The van der Waals surface area contributed by atoms with E-state index >= 15 is 4.39 Å². The first-order valence-corrected chi connectivity index (χ1v) is 10.7. The maximum Gasteiger partial charge on any atom is 0.419 e. The molecule has 178 valence electrons. The predicted molar refractivity (Wildman–Crippen MR) is 121 cm³/mol. The third-order valence-corrected chi connectivity index (χ3v) is 6.27. The van der Waals surface area contributed by atoms with Gasteiger partial charge in [-0.2, -0.15) is 5.26 Å². The van der Waals surface area contributed by atoms with Gasteiger partial charge in [-0.1, -0.05) is 18.2 Å². The number of rotatable bonds is 5. The lowest BCUT2D eigenvalue weighted by Crippen LogP contribution is -2.57. The van der Waals surface area contributed by atoms with Crippen LogP contribution in [-0.4, -0.2) is 46.5 Å². The van der Waals surface area contributed by atoms with Crippen LogP contribution < -0.4 is 16.8 Å². The molecule has 1 aliphatic rings. The number of halogens is 1. The Morgan fingerprint density at radius 2 is 2.03 bits per heavy atom. The first kappa shape index (κ1) is 23.6. The van der Waals surface area contributed by atoms with E-state index in [1.165, 1.54) is 17.6 Å². The third-order valence-electron chi connectivity index (χ3n) is 6.27. The van der Waals surface area contributed by atoms with E-state index in [1.807, 2.05) is 6.07 Å². The number of aliphatic hydroxyl groups is 1. The predicted octanol–water partition coefficient (Wildman–Crippen LogP) is 1.21. The second-order valence-electron chi connectivity index (χ2n) is 8.94. The van der Waals surface area contributed by atoms with Gasteiger partial charge >= 0.3 is 5.76 Å². The van der Waals surface area contributed by atoms with Crippen LogP contribution in [0.25, 0.3) is 22.2 Å². The number of primary amides is 1. The lowest BCUT2D eigenvalue weighted by atomic mass is 9.82. The van der Waals surface area contributed by atoms with Gasteiger partial charge in [0.15, 0.2) is 11.2 Å². The number of aromatic nitrogens is 1. The standard InChI is InChI=1S/C24H25FN4O5/c1-23(32)11-28-12-24(21(27)30,33-13-23)17(10-26)7-16-4-3-14(8-18(16)25)15-5-6-20-19(9-15)29(2)22(31)34-20/h3-6,8-9,17,28,32H,7,11-13H2,1-2H3,(H2,27,30)/t17-,23?,24?/m0/s1. The van der Waals surface area contributed by atoms with Gasteiger partial charge in [-0.05, 0) is 48.2 Å². The molecule has 0 aliphatic carbocycles. The van der Waals surface area contributed by atoms with Crippen LogP contribution in [0, 0.1) is 23.1 Å². The van der Waals surface area contributed by atoms with Gasteiger partial charge in [-0.25, -0.2) is 9.18 Å². The van der Waals surface area contributed by atoms with Gasteiger partial charge in [0, 0.05) is 20.1 Å². The Bertz CT molecular complexity index is 1360. The topological polar surface area (TPSA) is 144 Å². The second kappa shape index (κ2) is 8.68. The van der Waals surface area contributed by atoms with Gasteiger partial charge in [-0.15, -0.1) is 0 Å². The number of hydrogen-bond acceptors (Lipinski definition) is 7. The monoisotopic (exact) mass is 468 g/mol. The molecule has 2 heterocycles. The Morgan fingerprint density at radius 3 is 2.71 bits per heavy atom. The number of nitrogens with zero attached hydrogens (tertiary/aromatic N) is 2. The lowest BCUT2D eigenvalue weighted by molar-refractivity contribution is -0.154. The fourth-order valence-electron chi connectivity index (χ4n) is 4.19. The van der Waals surface area contributed by atoms with Crippen LogP contribution in [-0.2, 0) is 23.0 Å². The molecule has 3 aromatic rings. The molecule has 1 saturated heterocycles. The fourth-order valence-corrected chi connectivity index (χ4v) is 4.19. The molecule has 2 aromatic carbocycles. The van der Waals surface area contributed by atoms with Crippen molar-refractivity contribution in [2.45, 2.75) is 24.5 Å². The SMILES string of the molecule is Cn1c(=O)oc2ccc(-c3ccc(C[C@@H](C#N)C4(C(N)=O)CNCC(C)(O)CO4)c(F)c3)cc21. The van der Waals surface area contributed by atoms with Crippen molar-refractivity contribution in [1.82, 2.24) is 9.88 Å². The van der Waals surface area contributed by atoms with Crippen LogP contribution in [0.15, 0.2) is 45.6 Å². The van der Waals surface area contributed by atoms with E-state index in [4.69, 9.17) is 14.9 Å². The summed E-state index contributed by atoms with van der Waals surface area (Å²) in [5.41, 5.74) is 5.12. The summed E-state index contributed by atoms with van der Waals surface area (Å²) in [5.74, 6) is -3.01. The number of β-amino-alcohol motifs (C(OH)–C–C–N with tert-alkyl or cyclic N) is 1. The minimum absolute atomic E-state index is 0.0835. The average Bonchev–Trinajstić information content (AvgIpc) is 2.96. The first-order valence-electron chi connectivity index (χ1n) is 10.7. The summed E-state index contributed by atoms with van der Waals surface area (Å²) in [4.78, 5) is 24.1. The molecular weight excluding hydrogens is 443 g/mol. The van der Waals surface area contributed by atoms with Crippen LogP contribution in [0.3, 0.4) is 0 Å². The highest BCUT2D eigenvalue weighted by atomic mass is 19.1. The van der Waals surface area contributed by atoms with Gasteiger partial charge in [-0.3, -0.25) is 9.36 Å². The first-order chi connectivity index (χ1) is 16.1. The Labute approximate surface area is 194 Å². The van der Waals surface area contributed by atoms with Crippen molar-refractivity contribution >= 4 is 17.0 Å². The minimum Gasteiger partial charge on any atom is -0.408 e. The smallest absolute Gasteiger partial charge is 0.408 e. The molecule has 2 unspecified atom stereocenters. The molecule has 34 heavy (non-hydrogen) atoms. The van der Waals surface area contributed by atoms with Gasteiger partial charge in [0.25, 0.3) is 5.91 Å². The highest BCUT2D eigenvalue weighted by molar-refractivity contribution is 5.85. The number of hydrogen-bond donors (Lipinski definition) is 3. The van der Waals surface area contributed by atoms with Gasteiger partial charge in [0.05, 0.1) is 29.7 Å². The summed E-state index contributed by atoms with van der Waals surface area (Å²) in [6, 6.07) is 11.7. The van der Waals surface area contributed by atoms with Crippen molar-refractivity contribution in [2.24, 2.45) is 18.7 Å². The number of oxazole rings is 1. The lowest BCUT2D eigenvalue weighted by Gasteiger charge is -2.34. The molecule has 3 atom stereocenters. The van der Waals surface area contributed by atoms with Crippen LogP contribution in [0.5, 0.6) is 0 Å². The molecule has 0 saturated carbocycles. The van der Waals surface area contributed by atoms with Crippen LogP contribution >= 0.6 is 0 Å². The van der Waals surface area contributed by atoms with Gasteiger partial charge < -0.3 is 25.3 Å². The Hall–Kier alpha value is -3.52. The summed E-state index contributed by atoms with van der Waals surface area (Å²) in [5, 5.41) is 23.0. The molecule has 4 N–H and O–H groups in total. The number of nitrogens with two attached hydrogens (primary N) is 1. The summed E-state index contributed by atoms with van der Waals surface area (Å²) in [6.07, 6.45) is -0.120. The van der Waals surface area contributed by atoms with E-state index in [-0.39, 0.29) is 31.7 Å². The Morgan fingerprint density at radius 1 is 1.32 bits per heavy atom. The molecule has 0 bridgehead atoms. The average molecular weight is 468 g/mol. The molecule has 10 heteroatoms. The maximum absolute atomic E-state index is 15.1. The van der Waals surface area contributed by atoms with E-state index in [0.717, 1.165) is 0 Å². The number of nitriles is 1. The molecule has 0 radical (unpaired) electrons. The second-order valence-corrected chi connectivity index (χ2v) is 8.94. The number of aryl methyl sites for hydroxylation is 1. The van der Waals surface area contributed by atoms with Gasteiger partial charge in [0.1, 0.15) is 5.82 Å². The number of fused-ring (bicyclic) bond motifs is 1. The van der Waals surface area contributed by atoms with Crippen molar-refractivity contribution in [3.05, 3.63) is 58.3 Å². The zero-order valence-electron chi connectivity index (χ0n) is 18.8. The van der Waals surface area contributed by atoms with E-state index in [1.54, 1.807) is 37.4 Å². The normalized spacial score (nSPS) is 23.9. The maximum atomic E-state index is 15.1. The Balaban J connectivity index is 1.63. The zero-order chi connectivity index (χ0) is 24.7. The van der Waals surface area contributed by atoms with E-state index < -0.39 is 34.6 Å². The molecule has 1 aromatic heterocycles. The number of benzene rings is 2. The number of amides is 1. The molecule has 9 nitrogen and oxygen atoms in total. The molecule has 1 amide bonds. The van der Waals surface area contributed by atoms with Crippen LogP contribution in [0.2, 0.25) is 0 Å². The van der Waals surface area contributed by atoms with Gasteiger partial charge in [0.2, 0.25) is 0 Å². The van der Waals surface area contributed by atoms with E-state index in [0.29, 0.717) is 22.2 Å². The van der Waals surface area contributed by atoms with Crippen molar-refractivity contribution in [3.63, 3.8) is 0 Å². The molecular formula is C24H25FN4O5. The summed E-state index contributed by atoms with van der Waals surface area (Å²) in [7, 11) is 1.59. The summed E-state index contributed by atoms with van der Waals surface area (Å²) >= 11 is 0. The third kappa shape index (κ3) is 4.21. The van der Waals surface area contributed by atoms with Crippen molar-refractivity contribution < 1.29 is 23.4 Å². The zero-order valence-corrected chi connectivity index (χ0v) is 18.8. The number of carbonyl (C=O) groups excluding carboxylic acids is 1. The Kier molecular flexibility index (Phi) is 6.03.